The first kappa shape index (κ1) is 53.2. The van der Waals surface area contributed by atoms with Crippen LogP contribution in [0.25, 0.3) is 21.8 Å². The molecule has 0 aliphatic carbocycles. The van der Waals surface area contributed by atoms with Crippen LogP contribution in [0.5, 0.6) is 11.5 Å². The van der Waals surface area contributed by atoms with E-state index in [0.717, 1.165) is 5.56 Å². The van der Waals surface area contributed by atoms with Gasteiger partial charge in [0.1, 0.15) is 18.1 Å². The van der Waals surface area contributed by atoms with E-state index in [-0.39, 0.29) is 106 Å². The fourth-order valence-electron chi connectivity index (χ4n) is 7.82. The molecule has 0 unspecified atom stereocenters. The minimum Gasteiger partial charge on any atom is -0.506 e. The number of Topliss-reactive ketones (excluding diaryl/α,β-unsaturated/α-hetero) is 2. The molecule has 9 rings (SSSR count). The van der Waals surface area contributed by atoms with Crippen molar-refractivity contribution < 1.29 is 38.9 Å². The van der Waals surface area contributed by atoms with Crippen molar-refractivity contribution in [1.29, 1.82) is 0 Å². The van der Waals surface area contributed by atoms with Crippen molar-refractivity contribution in [2.24, 2.45) is 0 Å². The largest absolute Gasteiger partial charge is 0.506 e. The molecule has 0 spiro atoms. The number of para-hydroxylation sites is 2. The number of aromatic hydroxyl groups is 1. The lowest BCUT2D eigenvalue weighted by Crippen LogP contribution is -2.23. The van der Waals surface area contributed by atoms with Crippen molar-refractivity contribution in [3.05, 3.63) is 218 Å². The SMILES string of the molecule is O=C(Nc1c(Cl)cncc1Cl)C(=O)c1cn(Cc2ccc(Cl)cc2[N+](=O)[O-])c2c(O)cccc12.O=C(Nc1c(Cl)cncc1Cl)C(=O)c1cn(Cc2ccc(Cl)cc2[N+](=O)[O-])c2c(OCc3ccccc3)cccc12. The molecule has 0 saturated heterocycles. The lowest BCUT2D eigenvalue weighted by Gasteiger charge is -2.12. The van der Waals surface area contributed by atoms with E-state index >= 15 is 0 Å². The summed E-state index contributed by atoms with van der Waals surface area (Å²) in [5.41, 5.74) is 1.94. The second kappa shape index (κ2) is 23.0. The van der Waals surface area contributed by atoms with Gasteiger partial charge in [-0.15, -0.1) is 0 Å². The number of fused-ring (bicyclic) bond motifs is 2. The summed E-state index contributed by atoms with van der Waals surface area (Å²) >= 11 is 36.1. The molecule has 0 atom stereocenters. The van der Waals surface area contributed by atoms with E-state index in [2.05, 4.69) is 20.6 Å². The number of anilines is 2. The number of nitrogens with zero attached hydrogens (tertiary/aromatic N) is 6. The van der Waals surface area contributed by atoms with E-state index in [4.69, 9.17) is 74.3 Å². The standard InChI is InChI=1S/C29H19Cl3N4O5.C22H13Cl3N4O5/c30-19-10-9-18(24(11-19)36(39)40)14-35-15-21(28(37)29(38)34-26-22(31)12-33-13-23(26)32)20-7-4-8-25(27(20)35)41-16-17-5-2-1-3-6-17;23-12-5-4-11(17(6-12)29(33)34)9-28-10-14(13-2-1-3-18(30)20(13)28)21(31)22(32)27-19-15(24)7-26-8-16(19)25/h1-13,15H,14,16H2,(H,33,34,38);1-8,10,30H,9H2,(H,26,27,32). The van der Waals surface area contributed by atoms with Gasteiger partial charge in [-0.25, -0.2) is 0 Å². The Labute approximate surface area is 453 Å². The number of amides is 2. The molecule has 0 fully saturated rings. The molecule has 75 heavy (non-hydrogen) atoms. The number of carbonyl (C=O) groups is 4. The molecule has 18 nitrogen and oxygen atoms in total. The van der Waals surface area contributed by atoms with Crippen LogP contribution in [0.1, 0.15) is 37.4 Å². The Morgan fingerprint density at radius 1 is 0.573 bits per heavy atom. The summed E-state index contributed by atoms with van der Waals surface area (Å²) in [4.78, 5) is 82.1. The molecule has 24 heteroatoms. The van der Waals surface area contributed by atoms with E-state index in [1.54, 1.807) is 41.0 Å². The second-order valence-electron chi connectivity index (χ2n) is 16.0. The average molecular weight is 1130 g/mol. The zero-order valence-electron chi connectivity index (χ0n) is 38.0. The Morgan fingerprint density at radius 3 is 1.48 bits per heavy atom. The fraction of sp³-hybridized carbons (Fsp3) is 0.0588. The van der Waals surface area contributed by atoms with E-state index < -0.39 is 33.2 Å². The number of nitro benzene ring substituents is 2. The Kier molecular flexibility index (Phi) is 16.3. The Bertz CT molecular complexity index is 3740. The molecule has 9 aromatic rings. The van der Waals surface area contributed by atoms with Gasteiger partial charge in [-0.3, -0.25) is 49.4 Å². The van der Waals surface area contributed by atoms with Gasteiger partial charge in [0.2, 0.25) is 0 Å². The number of nitrogens with one attached hydrogen (secondary N) is 2. The van der Waals surface area contributed by atoms with E-state index in [1.165, 1.54) is 78.1 Å². The number of phenols is 1. The lowest BCUT2D eigenvalue weighted by atomic mass is 10.1. The van der Waals surface area contributed by atoms with Gasteiger partial charge in [0.05, 0.1) is 76.6 Å². The summed E-state index contributed by atoms with van der Waals surface area (Å²) in [6, 6.07) is 27.6. The first-order valence-electron chi connectivity index (χ1n) is 21.6. The third kappa shape index (κ3) is 11.8. The molecule has 5 aromatic carbocycles. The summed E-state index contributed by atoms with van der Waals surface area (Å²) in [6.45, 7) is 0.153. The van der Waals surface area contributed by atoms with Crippen molar-refractivity contribution in [2.75, 3.05) is 10.6 Å². The molecule has 0 saturated carbocycles. The molecular weight excluding hydrogens is 1100 g/mol. The minimum atomic E-state index is -1.02. The van der Waals surface area contributed by atoms with Crippen LogP contribution >= 0.6 is 69.6 Å². The summed E-state index contributed by atoms with van der Waals surface area (Å²) in [5, 5.41) is 39.9. The number of aromatic nitrogens is 4. The predicted octanol–water partition coefficient (Wildman–Crippen LogP) is 12.8. The quantitative estimate of drug-likeness (QED) is 0.0376. The van der Waals surface area contributed by atoms with Crippen molar-refractivity contribution >= 4 is 138 Å². The maximum Gasteiger partial charge on any atom is 0.296 e. The highest BCUT2D eigenvalue weighted by Crippen LogP contribution is 2.36. The highest BCUT2D eigenvalue weighted by molar-refractivity contribution is 6.51. The van der Waals surface area contributed by atoms with Crippen LogP contribution in [0.4, 0.5) is 22.7 Å². The first-order valence-corrected chi connectivity index (χ1v) is 23.9. The van der Waals surface area contributed by atoms with Crippen LogP contribution in [-0.2, 0) is 29.3 Å². The van der Waals surface area contributed by atoms with E-state index in [1.807, 2.05) is 30.3 Å². The van der Waals surface area contributed by atoms with Crippen LogP contribution in [0, 0.1) is 20.2 Å². The summed E-state index contributed by atoms with van der Waals surface area (Å²) in [5.74, 6) is -3.55. The third-order valence-electron chi connectivity index (χ3n) is 11.2. The number of carbonyl (C=O) groups excluding carboxylic acids is 4. The van der Waals surface area contributed by atoms with Gasteiger partial charge in [-0.2, -0.15) is 0 Å². The van der Waals surface area contributed by atoms with Gasteiger partial charge in [0.25, 0.3) is 34.8 Å². The third-order valence-corrected chi connectivity index (χ3v) is 12.8. The normalized spacial score (nSPS) is 10.9. The maximum atomic E-state index is 13.5. The summed E-state index contributed by atoms with van der Waals surface area (Å²) in [7, 11) is 0. The van der Waals surface area contributed by atoms with Crippen LogP contribution in [0.2, 0.25) is 30.1 Å². The van der Waals surface area contributed by atoms with Gasteiger partial charge in [-0.05, 0) is 42.0 Å². The van der Waals surface area contributed by atoms with Gasteiger partial charge in [-0.1, -0.05) is 124 Å². The number of halogens is 6. The van der Waals surface area contributed by atoms with Crippen molar-refractivity contribution in [1.82, 2.24) is 19.1 Å². The van der Waals surface area contributed by atoms with Crippen LogP contribution in [0.15, 0.2) is 140 Å². The molecule has 0 aliphatic heterocycles. The monoisotopic (exact) mass is 1130 g/mol. The van der Waals surface area contributed by atoms with Gasteiger partial charge >= 0.3 is 0 Å². The van der Waals surface area contributed by atoms with Crippen LogP contribution < -0.4 is 15.4 Å². The number of benzene rings is 5. The highest BCUT2D eigenvalue weighted by atomic mass is 35.5. The summed E-state index contributed by atoms with van der Waals surface area (Å²) in [6.07, 6.45) is 7.91. The molecule has 0 aliphatic rings. The highest BCUT2D eigenvalue weighted by Gasteiger charge is 2.28. The lowest BCUT2D eigenvalue weighted by molar-refractivity contribution is -0.385. The van der Waals surface area contributed by atoms with Crippen LogP contribution in [-0.4, -0.2) is 57.4 Å². The molecular formula is C51H32Cl6N8O10. The maximum absolute atomic E-state index is 13.5. The molecule has 0 bridgehead atoms. The van der Waals surface area contributed by atoms with Crippen molar-refractivity contribution in [2.45, 2.75) is 19.7 Å². The Balaban J connectivity index is 0.000000203. The molecule has 0 radical (unpaired) electrons. The van der Waals surface area contributed by atoms with Gasteiger partial charge in [0.15, 0.2) is 0 Å². The van der Waals surface area contributed by atoms with E-state index in [0.29, 0.717) is 22.2 Å². The predicted molar refractivity (Wildman–Crippen MR) is 285 cm³/mol. The number of rotatable bonds is 15. The molecule has 4 heterocycles. The van der Waals surface area contributed by atoms with E-state index in [9.17, 15) is 44.5 Å². The number of ether oxygens (including phenoxy) is 1. The number of pyridine rings is 2. The number of nitro groups is 2. The average Bonchev–Trinajstić information content (AvgIpc) is 3.96. The van der Waals surface area contributed by atoms with Gasteiger partial charge < -0.3 is 29.6 Å². The molecule has 4 aromatic heterocycles. The first-order chi connectivity index (χ1) is 35.9. The summed E-state index contributed by atoms with van der Waals surface area (Å²) < 4.78 is 9.22. The fourth-order valence-corrected chi connectivity index (χ4v) is 9.08. The number of ketones is 2. The second-order valence-corrected chi connectivity index (χ2v) is 18.5. The number of hydrogen-bond donors (Lipinski definition) is 3. The zero-order valence-corrected chi connectivity index (χ0v) is 42.5. The minimum absolute atomic E-state index is 0.00734. The Morgan fingerprint density at radius 2 is 1.01 bits per heavy atom. The molecule has 3 N–H and O–H groups in total. The molecule has 2 amide bonds. The topological polar surface area (TPSA) is 244 Å². The zero-order chi connectivity index (χ0) is 53.7. The Hall–Kier alpha value is -8.10. The number of hydrogen-bond acceptors (Lipinski definition) is 12. The smallest absolute Gasteiger partial charge is 0.296 e. The van der Waals surface area contributed by atoms with Crippen molar-refractivity contribution in [3.8, 4) is 11.5 Å². The van der Waals surface area contributed by atoms with Gasteiger partial charge in [0, 0.05) is 81.3 Å². The van der Waals surface area contributed by atoms with Crippen molar-refractivity contribution in [3.63, 3.8) is 0 Å². The molecule has 378 valence electrons. The van der Waals surface area contributed by atoms with Crippen LogP contribution in [0.3, 0.4) is 0 Å². The number of phenolic OH excluding ortho intramolecular Hbond substituents is 1.